The molecule has 0 spiro atoms. The zero-order valence-electron chi connectivity index (χ0n) is 23.6. The van der Waals surface area contributed by atoms with Crippen LogP contribution in [0.2, 0.25) is 0 Å². The molecular weight excluding hydrogens is 585 g/mol. The number of nitrogens with two attached hydrogens (primary N) is 1. The first-order valence-electron chi connectivity index (χ1n) is 13.5. The van der Waals surface area contributed by atoms with Gasteiger partial charge in [-0.25, -0.2) is 4.57 Å². The number of aliphatic hydroxyl groups is 1. The molecule has 0 aliphatic carbocycles. The number of likely N-dealkylation sites (tertiary alicyclic amines) is 1. The number of phosphoric acid groups is 1. The lowest BCUT2D eigenvalue weighted by Gasteiger charge is -2.30. The van der Waals surface area contributed by atoms with Crippen molar-refractivity contribution in [1.82, 2.24) is 20.9 Å². The van der Waals surface area contributed by atoms with E-state index < -0.39 is 74.2 Å². The molecule has 16 heteroatoms. The fourth-order valence-electron chi connectivity index (χ4n) is 4.84. The molecular formula is C27H36N5O10P. The summed E-state index contributed by atoms with van der Waals surface area (Å²) < 4.78 is 15.5. The topological polar surface area (TPSA) is 238 Å². The van der Waals surface area contributed by atoms with E-state index in [-0.39, 0.29) is 19.4 Å². The lowest BCUT2D eigenvalue weighted by Crippen LogP contribution is -2.60. The summed E-state index contributed by atoms with van der Waals surface area (Å²) in [7, 11) is -4.97. The van der Waals surface area contributed by atoms with Crippen LogP contribution in [0.1, 0.15) is 32.3 Å². The summed E-state index contributed by atoms with van der Waals surface area (Å²) in [6.45, 7) is 1.58. The molecule has 1 saturated heterocycles. The first-order valence-corrected chi connectivity index (χ1v) is 15.0. The number of rotatable bonds is 13. The molecule has 2 aromatic rings. The molecule has 15 nitrogen and oxygen atoms in total. The van der Waals surface area contributed by atoms with E-state index in [0.29, 0.717) is 6.42 Å². The predicted molar refractivity (Wildman–Crippen MR) is 153 cm³/mol. The molecule has 5 atom stereocenters. The molecule has 43 heavy (non-hydrogen) atoms. The van der Waals surface area contributed by atoms with Crippen LogP contribution < -0.4 is 21.7 Å². The van der Waals surface area contributed by atoms with Gasteiger partial charge < -0.3 is 41.5 Å². The van der Waals surface area contributed by atoms with Gasteiger partial charge in [0.2, 0.25) is 29.5 Å². The van der Waals surface area contributed by atoms with Gasteiger partial charge in [0.25, 0.3) is 0 Å². The van der Waals surface area contributed by atoms with Crippen molar-refractivity contribution in [2.24, 2.45) is 5.73 Å². The van der Waals surface area contributed by atoms with Crippen LogP contribution in [0.25, 0.3) is 10.8 Å². The summed E-state index contributed by atoms with van der Waals surface area (Å²) in [6.07, 6.45) is -0.813. The summed E-state index contributed by atoms with van der Waals surface area (Å²) in [5, 5.41) is 19.4. The lowest BCUT2D eigenvalue weighted by atomic mass is 10.0. The number of fused-ring (bicyclic) bond motifs is 1. The van der Waals surface area contributed by atoms with Crippen LogP contribution in [-0.2, 0) is 39.5 Å². The van der Waals surface area contributed by atoms with Gasteiger partial charge in [0.05, 0.1) is 12.7 Å². The third-order valence-electron chi connectivity index (χ3n) is 6.90. The van der Waals surface area contributed by atoms with Crippen LogP contribution in [0.15, 0.2) is 42.5 Å². The van der Waals surface area contributed by atoms with E-state index in [1.54, 1.807) is 6.07 Å². The number of carbonyl (C=O) groups excluding carboxylic acids is 5. The number of amides is 5. The Bertz CT molecular complexity index is 1410. The highest BCUT2D eigenvalue weighted by atomic mass is 31.2. The first-order chi connectivity index (χ1) is 20.2. The van der Waals surface area contributed by atoms with Crippen molar-refractivity contribution in [1.29, 1.82) is 0 Å². The van der Waals surface area contributed by atoms with Crippen LogP contribution in [0.3, 0.4) is 0 Å². The molecule has 8 N–H and O–H groups in total. The van der Waals surface area contributed by atoms with Gasteiger partial charge in [0, 0.05) is 19.9 Å². The van der Waals surface area contributed by atoms with Crippen molar-refractivity contribution in [2.45, 2.75) is 63.4 Å². The van der Waals surface area contributed by atoms with Crippen molar-refractivity contribution in [3.05, 3.63) is 48.0 Å². The maximum absolute atomic E-state index is 13.2. The number of primary amides is 1. The lowest BCUT2D eigenvalue weighted by molar-refractivity contribution is -0.143. The summed E-state index contributed by atoms with van der Waals surface area (Å²) in [4.78, 5) is 82.5. The Morgan fingerprint density at radius 2 is 1.72 bits per heavy atom. The molecule has 0 aromatic heterocycles. The van der Waals surface area contributed by atoms with Gasteiger partial charge in [-0.15, -0.1) is 0 Å². The average molecular weight is 622 g/mol. The molecule has 0 saturated carbocycles. The Kier molecular flexibility index (Phi) is 11.4. The summed E-state index contributed by atoms with van der Waals surface area (Å²) in [5.74, 6) is -4.01. The second kappa shape index (κ2) is 14.5. The third kappa shape index (κ3) is 9.56. The van der Waals surface area contributed by atoms with Crippen molar-refractivity contribution in [2.75, 3.05) is 13.2 Å². The van der Waals surface area contributed by atoms with Crippen LogP contribution in [0, 0.1) is 0 Å². The number of benzene rings is 2. The molecule has 234 valence electrons. The number of nitrogens with one attached hydrogen (secondary N) is 3. The van der Waals surface area contributed by atoms with Gasteiger partial charge in [-0.2, -0.15) is 0 Å². The van der Waals surface area contributed by atoms with Crippen LogP contribution in [0.5, 0.6) is 0 Å². The Morgan fingerprint density at radius 3 is 2.33 bits per heavy atom. The molecule has 1 heterocycles. The van der Waals surface area contributed by atoms with Gasteiger partial charge >= 0.3 is 7.82 Å². The van der Waals surface area contributed by atoms with E-state index in [1.807, 2.05) is 36.4 Å². The molecule has 0 radical (unpaired) electrons. The molecule has 5 amide bonds. The maximum Gasteiger partial charge on any atom is 0.469 e. The number of hydrogen-bond acceptors (Lipinski definition) is 8. The van der Waals surface area contributed by atoms with Crippen molar-refractivity contribution < 1.29 is 48.0 Å². The zero-order chi connectivity index (χ0) is 31.9. The maximum atomic E-state index is 13.2. The summed E-state index contributed by atoms with van der Waals surface area (Å²) in [6, 6.07) is 7.79. The fourth-order valence-corrected chi connectivity index (χ4v) is 5.18. The molecule has 1 aliphatic rings. The van der Waals surface area contributed by atoms with E-state index in [1.165, 1.54) is 6.92 Å². The van der Waals surface area contributed by atoms with Crippen LogP contribution >= 0.6 is 7.82 Å². The number of phosphoric ester groups is 1. The first kappa shape index (κ1) is 33.6. The average Bonchev–Trinajstić information content (AvgIpc) is 3.42. The van der Waals surface area contributed by atoms with Gasteiger partial charge in [0.1, 0.15) is 24.2 Å². The van der Waals surface area contributed by atoms with Gasteiger partial charge in [-0.1, -0.05) is 42.5 Å². The van der Waals surface area contributed by atoms with Crippen molar-refractivity contribution >= 4 is 48.1 Å². The molecule has 0 unspecified atom stereocenters. The highest BCUT2D eigenvalue weighted by molar-refractivity contribution is 7.46. The highest BCUT2D eigenvalue weighted by Gasteiger charge is 2.40. The number of carbonyl (C=O) groups is 5. The molecule has 0 bridgehead atoms. The predicted octanol–water partition coefficient (Wildman–Crippen LogP) is -1.18. The van der Waals surface area contributed by atoms with E-state index in [9.17, 15) is 33.6 Å². The second-order valence-electron chi connectivity index (χ2n) is 10.3. The SMILES string of the molecule is CC(=O)N[C@@H](COP(=O)(O)O)C(=O)N1CCC[C@H]1C(=O)N[C@H](C(=O)N[C@@H](Cc1ccc2ccccc2c1)C(N)=O)[C@@H](C)O. The molecule has 1 aliphatic heterocycles. The zero-order valence-corrected chi connectivity index (χ0v) is 24.5. The highest BCUT2D eigenvalue weighted by Crippen LogP contribution is 2.36. The quantitative estimate of drug-likeness (QED) is 0.132. The minimum Gasteiger partial charge on any atom is -0.391 e. The Labute approximate surface area is 247 Å². The van der Waals surface area contributed by atoms with Crippen LogP contribution in [-0.4, -0.2) is 92.8 Å². The Morgan fingerprint density at radius 1 is 1.05 bits per heavy atom. The van der Waals surface area contributed by atoms with Gasteiger partial charge in [0.15, 0.2) is 0 Å². The fraction of sp³-hybridized carbons (Fsp3) is 0.444. The summed E-state index contributed by atoms with van der Waals surface area (Å²) in [5.41, 5.74) is 6.27. The molecule has 3 rings (SSSR count). The van der Waals surface area contributed by atoms with Crippen molar-refractivity contribution in [3.8, 4) is 0 Å². The monoisotopic (exact) mass is 621 g/mol. The minimum absolute atomic E-state index is 0.0541. The standard InChI is InChI=1S/C27H36N5O10P/c1-15(33)23(26(37)30-20(24(28)35)13-17-9-10-18-6-3-4-7-19(18)12-17)31-25(36)22-8-5-11-32(22)27(38)21(29-16(2)34)14-42-43(39,40)41/h3-4,6-7,9-10,12,15,20-23,33H,5,8,11,13-14H2,1-2H3,(H2,28,35)(H,29,34)(H,30,37)(H,31,36)(H2,39,40,41)/t15-,20+,21+,22+,23+/m1/s1. The molecule has 2 aromatic carbocycles. The normalized spacial score (nSPS) is 17.9. The third-order valence-corrected chi connectivity index (χ3v) is 7.39. The van der Waals surface area contributed by atoms with E-state index in [0.717, 1.165) is 28.2 Å². The van der Waals surface area contributed by atoms with E-state index in [2.05, 4.69) is 20.5 Å². The van der Waals surface area contributed by atoms with Crippen molar-refractivity contribution in [3.63, 3.8) is 0 Å². The summed E-state index contributed by atoms with van der Waals surface area (Å²) >= 11 is 0. The Balaban J connectivity index is 1.71. The number of nitrogens with zero attached hydrogens (tertiary/aromatic N) is 1. The minimum atomic E-state index is -4.97. The van der Waals surface area contributed by atoms with Crippen LogP contribution in [0.4, 0.5) is 0 Å². The Hall–Kier alpha value is -3.88. The number of hydrogen-bond donors (Lipinski definition) is 7. The smallest absolute Gasteiger partial charge is 0.391 e. The van der Waals surface area contributed by atoms with Gasteiger partial charge in [-0.3, -0.25) is 28.5 Å². The van der Waals surface area contributed by atoms with E-state index in [4.69, 9.17) is 15.5 Å². The van der Waals surface area contributed by atoms with E-state index >= 15 is 0 Å². The largest absolute Gasteiger partial charge is 0.469 e. The van der Waals surface area contributed by atoms with Gasteiger partial charge in [-0.05, 0) is 36.1 Å². The second-order valence-corrected chi connectivity index (χ2v) is 11.5. The molecule has 1 fully saturated rings. The number of aliphatic hydroxyl groups excluding tert-OH is 1.